The van der Waals surface area contributed by atoms with Crippen LogP contribution in [0.3, 0.4) is 0 Å². The van der Waals surface area contributed by atoms with Gasteiger partial charge in [-0.2, -0.15) is 0 Å². The molecule has 102 valence electrons. The number of rotatable bonds is 3. The molecule has 0 spiro atoms. The number of carboxylic acids is 1. The summed E-state index contributed by atoms with van der Waals surface area (Å²) in [6.45, 7) is 2.05. The van der Waals surface area contributed by atoms with E-state index in [2.05, 4.69) is 5.32 Å². The second-order valence-corrected chi connectivity index (χ2v) is 5.04. The highest BCUT2D eigenvalue weighted by atomic mass is 16.4. The molecule has 1 aliphatic carbocycles. The summed E-state index contributed by atoms with van der Waals surface area (Å²) in [6, 6.07) is 3.90. The summed E-state index contributed by atoms with van der Waals surface area (Å²) >= 11 is 0. The predicted octanol–water partition coefficient (Wildman–Crippen LogP) is 2.47. The minimum Gasteiger partial charge on any atom is -0.506 e. The highest BCUT2D eigenvalue weighted by molar-refractivity contribution is 5.95. The van der Waals surface area contributed by atoms with Crippen molar-refractivity contribution in [2.24, 2.45) is 11.8 Å². The molecule has 5 heteroatoms. The van der Waals surface area contributed by atoms with Crippen molar-refractivity contribution in [3.8, 4) is 5.75 Å². The number of aromatic hydroxyl groups is 1. The Kier molecular flexibility index (Phi) is 3.74. The van der Waals surface area contributed by atoms with Crippen LogP contribution in [0.4, 0.5) is 5.69 Å². The Hall–Kier alpha value is -2.04. The Morgan fingerprint density at radius 2 is 2.05 bits per heavy atom. The maximum Gasteiger partial charge on any atom is 0.335 e. The zero-order valence-electron chi connectivity index (χ0n) is 10.7. The van der Waals surface area contributed by atoms with Crippen LogP contribution < -0.4 is 5.32 Å². The van der Waals surface area contributed by atoms with Crippen LogP contribution in [0.15, 0.2) is 18.2 Å². The monoisotopic (exact) mass is 263 g/mol. The molecule has 2 rings (SSSR count). The molecule has 5 nitrogen and oxygen atoms in total. The number of amides is 1. The van der Waals surface area contributed by atoms with E-state index in [0.717, 1.165) is 25.3 Å². The lowest BCUT2D eigenvalue weighted by Crippen LogP contribution is -2.24. The fourth-order valence-corrected chi connectivity index (χ4v) is 2.53. The first kappa shape index (κ1) is 13.4. The molecule has 1 aromatic carbocycles. The SMILES string of the molecule is CC1CCCC1C(=O)Nc1ccc(C(=O)O)cc1O. The number of hydrogen-bond donors (Lipinski definition) is 3. The molecule has 19 heavy (non-hydrogen) atoms. The van der Waals surface area contributed by atoms with E-state index in [9.17, 15) is 14.7 Å². The number of benzene rings is 1. The van der Waals surface area contributed by atoms with Crippen molar-refractivity contribution in [2.75, 3.05) is 5.32 Å². The van der Waals surface area contributed by atoms with E-state index in [-0.39, 0.29) is 28.8 Å². The Balaban J connectivity index is 2.11. The molecule has 0 saturated heterocycles. The van der Waals surface area contributed by atoms with Gasteiger partial charge in [-0.3, -0.25) is 4.79 Å². The van der Waals surface area contributed by atoms with Gasteiger partial charge in [0.15, 0.2) is 0 Å². The van der Waals surface area contributed by atoms with Gasteiger partial charge in [-0.25, -0.2) is 4.79 Å². The fourth-order valence-electron chi connectivity index (χ4n) is 2.53. The molecule has 1 fully saturated rings. The summed E-state index contributed by atoms with van der Waals surface area (Å²) in [7, 11) is 0. The summed E-state index contributed by atoms with van der Waals surface area (Å²) in [6.07, 6.45) is 2.95. The third kappa shape index (κ3) is 2.86. The van der Waals surface area contributed by atoms with Crippen molar-refractivity contribution >= 4 is 17.6 Å². The van der Waals surface area contributed by atoms with Crippen LogP contribution in [0.25, 0.3) is 0 Å². The lowest BCUT2D eigenvalue weighted by molar-refractivity contribution is -0.120. The van der Waals surface area contributed by atoms with Crippen LogP contribution in [-0.2, 0) is 4.79 Å². The molecular weight excluding hydrogens is 246 g/mol. The Bertz CT molecular complexity index is 512. The summed E-state index contributed by atoms with van der Waals surface area (Å²) in [5, 5.41) is 21.2. The molecule has 0 radical (unpaired) electrons. The highest BCUT2D eigenvalue weighted by Gasteiger charge is 2.30. The van der Waals surface area contributed by atoms with E-state index in [1.807, 2.05) is 6.92 Å². The van der Waals surface area contributed by atoms with Crippen LogP contribution in [0, 0.1) is 11.8 Å². The molecular formula is C14H17NO4. The molecule has 3 N–H and O–H groups in total. The van der Waals surface area contributed by atoms with E-state index in [1.54, 1.807) is 0 Å². The van der Waals surface area contributed by atoms with E-state index in [4.69, 9.17) is 5.11 Å². The first-order valence-corrected chi connectivity index (χ1v) is 6.36. The van der Waals surface area contributed by atoms with Gasteiger partial charge in [-0.05, 0) is 37.0 Å². The molecule has 1 amide bonds. The van der Waals surface area contributed by atoms with E-state index < -0.39 is 5.97 Å². The molecule has 0 bridgehead atoms. The average molecular weight is 263 g/mol. The maximum absolute atomic E-state index is 12.1. The van der Waals surface area contributed by atoms with Crippen LogP contribution in [0.5, 0.6) is 5.75 Å². The third-order valence-electron chi connectivity index (χ3n) is 3.70. The Morgan fingerprint density at radius 3 is 2.58 bits per heavy atom. The molecule has 2 atom stereocenters. The number of phenolic OH excluding ortho intramolecular Hbond substituents is 1. The quantitative estimate of drug-likeness (QED) is 0.731. The smallest absolute Gasteiger partial charge is 0.335 e. The van der Waals surface area contributed by atoms with E-state index >= 15 is 0 Å². The van der Waals surface area contributed by atoms with E-state index in [0.29, 0.717) is 5.92 Å². The maximum atomic E-state index is 12.1. The Labute approximate surface area is 111 Å². The van der Waals surface area contributed by atoms with Crippen molar-refractivity contribution < 1.29 is 19.8 Å². The van der Waals surface area contributed by atoms with Gasteiger partial charge in [-0.1, -0.05) is 13.3 Å². The van der Waals surface area contributed by atoms with Gasteiger partial charge in [0.25, 0.3) is 0 Å². The number of hydrogen-bond acceptors (Lipinski definition) is 3. The minimum atomic E-state index is -1.11. The van der Waals surface area contributed by atoms with Gasteiger partial charge in [0.05, 0.1) is 11.3 Å². The minimum absolute atomic E-state index is 0.00951. The van der Waals surface area contributed by atoms with Gasteiger partial charge in [-0.15, -0.1) is 0 Å². The van der Waals surface area contributed by atoms with Crippen LogP contribution >= 0.6 is 0 Å². The zero-order chi connectivity index (χ0) is 14.0. The number of phenols is 1. The highest BCUT2D eigenvalue weighted by Crippen LogP contribution is 2.33. The van der Waals surface area contributed by atoms with Gasteiger partial charge >= 0.3 is 5.97 Å². The first-order valence-electron chi connectivity index (χ1n) is 6.36. The molecule has 1 saturated carbocycles. The molecule has 1 aromatic rings. The first-order chi connectivity index (χ1) is 8.99. The Morgan fingerprint density at radius 1 is 1.32 bits per heavy atom. The van der Waals surface area contributed by atoms with Crippen molar-refractivity contribution in [1.82, 2.24) is 0 Å². The van der Waals surface area contributed by atoms with E-state index in [1.165, 1.54) is 12.1 Å². The number of nitrogens with one attached hydrogen (secondary N) is 1. The lowest BCUT2D eigenvalue weighted by atomic mass is 9.97. The second kappa shape index (κ2) is 5.30. The van der Waals surface area contributed by atoms with Crippen LogP contribution in [-0.4, -0.2) is 22.1 Å². The number of carbonyl (C=O) groups is 2. The average Bonchev–Trinajstić information content (AvgIpc) is 2.77. The lowest BCUT2D eigenvalue weighted by Gasteiger charge is -2.15. The molecule has 0 aromatic heterocycles. The summed E-state index contributed by atoms with van der Waals surface area (Å²) in [4.78, 5) is 22.8. The van der Waals surface area contributed by atoms with Gasteiger partial charge in [0, 0.05) is 5.92 Å². The summed E-state index contributed by atoms with van der Waals surface area (Å²) in [5.74, 6) is -1.13. The molecule has 1 aliphatic rings. The van der Waals surface area contributed by atoms with Crippen molar-refractivity contribution in [1.29, 1.82) is 0 Å². The van der Waals surface area contributed by atoms with Crippen molar-refractivity contribution in [2.45, 2.75) is 26.2 Å². The molecule has 2 unspecified atom stereocenters. The molecule has 0 aliphatic heterocycles. The van der Waals surface area contributed by atoms with Gasteiger partial charge in [0.2, 0.25) is 5.91 Å². The number of anilines is 1. The molecule has 0 heterocycles. The van der Waals surface area contributed by atoms with Crippen LogP contribution in [0.1, 0.15) is 36.5 Å². The second-order valence-electron chi connectivity index (χ2n) is 5.04. The van der Waals surface area contributed by atoms with Gasteiger partial charge in [0.1, 0.15) is 5.75 Å². The van der Waals surface area contributed by atoms with Crippen molar-refractivity contribution in [3.05, 3.63) is 23.8 Å². The third-order valence-corrected chi connectivity index (χ3v) is 3.70. The standard InChI is InChI=1S/C14H17NO4/c1-8-3-2-4-10(8)13(17)15-11-6-5-9(14(18)19)7-12(11)16/h5-8,10,16H,2-4H2,1H3,(H,15,17)(H,18,19). The number of aromatic carboxylic acids is 1. The van der Waals surface area contributed by atoms with Gasteiger partial charge < -0.3 is 15.5 Å². The summed E-state index contributed by atoms with van der Waals surface area (Å²) < 4.78 is 0. The zero-order valence-corrected chi connectivity index (χ0v) is 10.7. The number of carboxylic acid groups (broad SMARTS) is 1. The predicted molar refractivity (Wildman–Crippen MR) is 70.2 cm³/mol. The summed E-state index contributed by atoms with van der Waals surface area (Å²) in [5.41, 5.74) is 0.249. The normalized spacial score (nSPS) is 22.2. The number of carbonyl (C=O) groups excluding carboxylic acids is 1. The van der Waals surface area contributed by atoms with Crippen molar-refractivity contribution in [3.63, 3.8) is 0 Å². The van der Waals surface area contributed by atoms with Crippen LogP contribution in [0.2, 0.25) is 0 Å². The fraction of sp³-hybridized carbons (Fsp3) is 0.429. The largest absolute Gasteiger partial charge is 0.506 e. The topological polar surface area (TPSA) is 86.6 Å².